The molecule has 0 fully saturated rings. The SMILES string of the molecule is CCO[C@@H]1OC(C(=O)O)=C[C@H](c2ccc(Cl)cc2)[C@@H]1CCCO. The second kappa shape index (κ2) is 8.34. The highest BCUT2D eigenvalue weighted by Gasteiger charge is 2.37. The summed E-state index contributed by atoms with van der Waals surface area (Å²) in [6, 6.07) is 7.31. The molecule has 0 spiro atoms. The number of halogens is 1. The molecule has 1 aromatic rings. The Labute approximate surface area is 140 Å². The van der Waals surface area contributed by atoms with E-state index in [1.807, 2.05) is 19.1 Å². The lowest BCUT2D eigenvalue weighted by Crippen LogP contribution is -2.36. The lowest BCUT2D eigenvalue weighted by Gasteiger charge is -2.36. The molecule has 6 heteroatoms. The Hall–Kier alpha value is -1.56. The lowest BCUT2D eigenvalue weighted by molar-refractivity contribution is -0.173. The summed E-state index contributed by atoms with van der Waals surface area (Å²) in [7, 11) is 0. The average molecular weight is 341 g/mol. The van der Waals surface area contributed by atoms with Gasteiger partial charge in [-0.1, -0.05) is 23.7 Å². The monoisotopic (exact) mass is 340 g/mol. The Morgan fingerprint density at radius 1 is 1.35 bits per heavy atom. The van der Waals surface area contributed by atoms with Gasteiger partial charge < -0.3 is 19.7 Å². The molecule has 1 aromatic carbocycles. The number of ether oxygens (including phenoxy) is 2. The van der Waals surface area contributed by atoms with Crippen molar-refractivity contribution in [2.24, 2.45) is 5.92 Å². The van der Waals surface area contributed by atoms with Gasteiger partial charge in [0.2, 0.25) is 12.0 Å². The molecule has 2 N–H and O–H groups in total. The van der Waals surface area contributed by atoms with Gasteiger partial charge in [-0.05, 0) is 43.5 Å². The minimum atomic E-state index is -1.12. The molecule has 0 radical (unpaired) electrons. The van der Waals surface area contributed by atoms with Crippen molar-refractivity contribution < 1.29 is 24.5 Å². The molecule has 0 saturated heterocycles. The molecule has 1 aliphatic heterocycles. The molecule has 0 aromatic heterocycles. The molecule has 23 heavy (non-hydrogen) atoms. The van der Waals surface area contributed by atoms with Gasteiger partial charge in [0, 0.05) is 30.1 Å². The summed E-state index contributed by atoms with van der Waals surface area (Å²) in [6.07, 6.45) is 2.22. The molecule has 0 unspecified atom stereocenters. The first kappa shape index (κ1) is 17.8. The van der Waals surface area contributed by atoms with Crippen molar-refractivity contribution in [3.63, 3.8) is 0 Å². The Morgan fingerprint density at radius 3 is 2.61 bits per heavy atom. The van der Waals surface area contributed by atoms with Crippen LogP contribution in [0.3, 0.4) is 0 Å². The number of benzene rings is 1. The summed E-state index contributed by atoms with van der Waals surface area (Å²) in [4.78, 5) is 11.3. The van der Waals surface area contributed by atoms with E-state index in [1.54, 1.807) is 18.2 Å². The van der Waals surface area contributed by atoms with Crippen LogP contribution in [0.15, 0.2) is 36.1 Å². The molecule has 1 aliphatic rings. The van der Waals surface area contributed by atoms with Crippen LogP contribution >= 0.6 is 11.6 Å². The van der Waals surface area contributed by atoms with Crippen LogP contribution < -0.4 is 0 Å². The molecule has 0 saturated carbocycles. The fraction of sp³-hybridized carbons (Fsp3) is 0.471. The summed E-state index contributed by atoms with van der Waals surface area (Å²) in [5.41, 5.74) is 0.948. The number of hydrogen-bond acceptors (Lipinski definition) is 4. The number of carbonyl (C=O) groups is 1. The summed E-state index contributed by atoms with van der Waals surface area (Å²) in [6.45, 7) is 2.32. The van der Waals surface area contributed by atoms with E-state index in [1.165, 1.54) is 0 Å². The first-order valence-corrected chi connectivity index (χ1v) is 8.04. The number of hydrogen-bond donors (Lipinski definition) is 2. The highest BCUT2D eigenvalue weighted by Crippen LogP contribution is 2.39. The molecule has 1 heterocycles. The highest BCUT2D eigenvalue weighted by molar-refractivity contribution is 6.30. The van der Waals surface area contributed by atoms with Gasteiger partial charge in [-0.15, -0.1) is 0 Å². The average Bonchev–Trinajstić information content (AvgIpc) is 2.54. The van der Waals surface area contributed by atoms with E-state index < -0.39 is 12.3 Å². The zero-order valence-electron chi connectivity index (χ0n) is 12.9. The van der Waals surface area contributed by atoms with Crippen LogP contribution in [0.4, 0.5) is 0 Å². The van der Waals surface area contributed by atoms with E-state index >= 15 is 0 Å². The molecular formula is C17H21ClO5. The van der Waals surface area contributed by atoms with Crippen molar-refractivity contribution >= 4 is 17.6 Å². The zero-order chi connectivity index (χ0) is 16.8. The molecule has 126 valence electrons. The van der Waals surface area contributed by atoms with E-state index in [0.717, 1.165) is 5.56 Å². The molecule has 0 amide bonds. The van der Waals surface area contributed by atoms with Crippen LogP contribution in [0.1, 0.15) is 31.2 Å². The molecular weight excluding hydrogens is 320 g/mol. The summed E-state index contributed by atoms with van der Waals surface area (Å²) < 4.78 is 11.1. The number of carboxylic acids is 1. The number of aliphatic carboxylic acids is 1. The van der Waals surface area contributed by atoms with Crippen LogP contribution in [-0.4, -0.2) is 35.7 Å². The van der Waals surface area contributed by atoms with Gasteiger partial charge in [0.15, 0.2) is 0 Å². The molecule has 2 rings (SSSR count). The van der Waals surface area contributed by atoms with Gasteiger partial charge in [-0.25, -0.2) is 4.79 Å². The third kappa shape index (κ3) is 4.47. The maximum absolute atomic E-state index is 11.3. The fourth-order valence-electron chi connectivity index (χ4n) is 2.82. The van der Waals surface area contributed by atoms with E-state index in [4.69, 9.17) is 26.2 Å². The normalized spacial score (nSPS) is 24.0. The van der Waals surface area contributed by atoms with Gasteiger partial charge >= 0.3 is 5.97 Å². The highest BCUT2D eigenvalue weighted by atomic mass is 35.5. The van der Waals surface area contributed by atoms with Crippen LogP contribution in [0, 0.1) is 5.92 Å². The third-order valence-electron chi connectivity index (χ3n) is 3.88. The summed E-state index contributed by atoms with van der Waals surface area (Å²) in [5, 5.41) is 19.0. The quantitative estimate of drug-likeness (QED) is 0.797. The van der Waals surface area contributed by atoms with Crippen molar-refractivity contribution in [2.75, 3.05) is 13.2 Å². The maximum atomic E-state index is 11.3. The number of rotatable bonds is 7. The van der Waals surface area contributed by atoms with E-state index in [-0.39, 0.29) is 24.2 Å². The first-order valence-electron chi connectivity index (χ1n) is 7.66. The molecule has 0 aliphatic carbocycles. The fourth-order valence-corrected chi connectivity index (χ4v) is 2.95. The van der Waals surface area contributed by atoms with Crippen molar-refractivity contribution in [1.29, 1.82) is 0 Å². The van der Waals surface area contributed by atoms with Gasteiger partial charge in [0.25, 0.3) is 0 Å². The van der Waals surface area contributed by atoms with E-state index in [0.29, 0.717) is 24.5 Å². The van der Waals surface area contributed by atoms with Gasteiger partial charge in [-0.3, -0.25) is 0 Å². The maximum Gasteiger partial charge on any atom is 0.370 e. The van der Waals surface area contributed by atoms with Gasteiger partial charge in [0.1, 0.15) is 0 Å². The van der Waals surface area contributed by atoms with Crippen LogP contribution in [0.5, 0.6) is 0 Å². The Kier molecular flexibility index (Phi) is 6.45. The van der Waals surface area contributed by atoms with E-state index in [9.17, 15) is 9.90 Å². The van der Waals surface area contributed by atoms with Crippen molar-refractivity contribution in [1.82, 2.24) is 0 Å². The Morgan fingerprint density at radius 2 is 2.04 bits per heavy atom. The summed E-state index contributed by atoms with van der Waals surface area (Å²) in [5.74, 6) is -1.47. The first-order chi connectivity index (χ1) is 11.1. The smallest absolute Gasteiger partial charge is 0.370 e. The number of aliphatic hydroxyl groups is 1. The van der Waals surface area contributed by atoms with Crippen LogP contribution in [0.25, 0.3) is 0 Å². The van der Waals surface area contributed by atoms with Crippen molar-refractivity contribution in [3.8, 4) is 0 Å². The van der Waals surface area contributed by atoms with Crippen molar-refractivity contribution in [2.45, 2.75) is 32.0 Å². The second-order valence-corrected chi connectivity index (χ2v) is 5.82. The number of allylic oxidation sites excluding steroid dienone is 1. The topological polar surface area (TPSA) is 76.0 Å². The van der Waals surface area contributed by atoms with Gasteiger partial charge in [0.05, 0.1) is 0 Å². The Bertz CT molecular complexity index is 555. The zero-order valence-corrected chi connectivity index (χ0v) is 13.7. The van der Waals surface area contributed by atoms with Gasteiger partial charge in [-0.2, -0.15) is 0 Å². The number of aliphatic hydroxyl groups excluding tert-OH is 1. The Balaban J connectivity index is 2.38. The third-order valence-corrected chi connectivity index (χ3v) is 4.13. The predicted octanol–water partition coefficient (Wildman–Crippen LogP) is 3.17. The van der Waals surface area contributed by atoms with E-state index in [2.05, 4.69) is 0 Å². The van der Waals surface area contributed by atoms with Crippen LogP contribution in [0.2, 0.25) is 5.02 Å². The molecule has 3 atom stereocenters. The lowest BCUT2D eigenvalue weighted by atomic mass is 9.80. The predicted molar refractivity (Wildman–Crippen MR) is 86.2 cm³/mol. The molecule has 0 bridgehead atoms. The standard InChI is InChI=1S/C17H21ClO5/c1-2-22-17-13(4-3-9-19)14(10-15(23-17)16(20)21)11-5-7-12(18)8-6-11/h5-8,10,13-14,17,19H,2-4,9H2,1H3,(H,20,21)/t13-,14+,17+/m0/s1. The minimum Gasteiger partial charge on any atom is -0.475 e. The molecule has 5 nitrogen and oxygen atoms in total. The largest absolute Gasteiger partial charge is 0.475 e. The summed E-state index contributed by atoms with van der Waals surface area (Å²) >= 11 is 5.94. The van der Waals surface area contributed by atoms with Crippen molar-refractivity contribution in [3.05, 3.63) is 46.7 Å². The van der Waals surface area contributed by atoms with Crippen LogP contribution in [-0.2, 0) is 14.3 Å². The second-order valence-electron chi connectivity index (χ2n) is 5.38. The minimum absolute atomic E-state index is 0.0676. The number of carboxylic acid groups (broad SMARTS) is 1.